The monoisotopic (exact) mass is 407 g/mol. The van der Waals surface area contributed by atoms with Crippen LogP contribution in [0.1, 0.15) is 17.5 Å². The predicted octanol–water partition coefficient (Wildman–Crippen LogP) is 2.41. The quantitative estimate of drug-likeness (QED) is 0.737. The van der Waals surface area contributed by atoms with Gasteiger partial charge in [-0.25, -0.2) is 0 Å². The highest BCUT2D eigenvalue weighted by Crippen LogP contribution is 2.34. The molecule has 30 heavy (non-hydrogen) atoms. The van der Waals surface area contributed by atoms with Crippen LogP contribution in [0, 0.1) is 24.2 Å². The Bertz CT molecular complexity index is 1010. The lowest BCUT2D eigenvalue weighted by Gasteiger charge is -2.20. The molecule has 2 amide bonds. The molecule has 1 atom stereocenters. The maximum absolute atomic E-state index is 12.5. The predicted molar refractivity (Wildman–Crippen MR) is 109 cm³/mol. The molecule has 0 aliphatic carbocycles. The maximum atomic E-state index is 12.5. The largest absolute Gasteiger partial charge is 0.495 e. The molecule has 0 saturated carbocycles. The first-order chi connectivity index (χ1) is 14.4. The van der Waals surface area contributed by atoms with Crippen molar-refractivity contribution in [3.8, 4) is 11.8 Å². The van der Waals surface area contributed by atoms with Crippen LogP contribution in [0.15, 0.2) is 42.5 Å². The summed E-state index contributed by atoms with van der Waals surface area (Å²) in [5.41, 5.74) is 2.53. The molecular weight excluding hydrogens is 386 g/mol. The van der Waals surface area contributed by atoms with Gasteiger partial charge in [-0.1, -0.05) is 6.07 Å². The number of hydrogen-bond acceptors (Lipinski definition) is 6. The van der Waals surface area contributed by atoms with Crippen LogP contribution in [0.25, 0.3) is 0 Å². The van der Waals surface area contributed by atoms with Crippen LogP contribution < -0.4 is 15.0 Å². The van der Waals surface area contributed by atoms with E-state index in [9.17, 15) is 14.4 Å². The third-order valence-corrected chi connectivity index (χ3v) is 4.73. The Morgan fingerprint density at radius 2 is 1.97 bits per heavy atom. The molecule has 154 valence electrons. The van der Waals surface area contributed by atoms with Crippen molar-refractivity contribution in [3.05, 3.63) is 53.6 Å². The van der Waals surface area contributed by atoms with Crippen LogP contribution in [0.3, 0.4) is 0 Å². The summed E-state index contributed by atoms with van der Waals surface area (Å²) < 4.78 is 10.4. The summed E-state index contributed by atoms with van der Waals surface area (Å²) in [5, 5.41) is 11.4. The van der Waals surface area contributed by atoms with Gasteiger partial charge in [0.1, 0.15) is 5.75 Å². The number of nitrogens with zero attached hydrogens (tertiary/aromatic N) is 2. The third-order valence-electron chi connectivity index (χ3n) is 4.73. The van der Waals surface area contributed by atoms with E-state index in [0.29, 0.717) is 22.7 Å². The minimum absolute atomic E-state index is 0.00711. The van der Waals surface area contributed by atoms with Crippen molar-refractivity contribution >= 4 is 29.2 Å². The molecule has 0 bridgehead atoms. The third kappa shape index (κ3) is 4.75. The van der Waals surface area contributed by atoms with E-state index in [4.69, 9.17) is 14.7 Å². The highest BCUT2D eigenvalue weighted by Gasteiger charge is 2.37. The van der Waals surface area contributed by atoms with Crippen LogP contribution >= 0.6 is 0 Å². The fourth-order valence-electron chi connectivity index (χ4n) is 3.19. The molecule has 8 heteroatoms. The Kier molecular flexibility index (Phi) is 6.32. The van der Waals surface area contributed by atoms with E-state index in [0.717, 1.165) is 5.56 Å². The minimum atomic E-state index is -0.662. The summed E-state index contributed by atoms with van der Waals surface area (Å²) in [6.07, 6.45) is 0.00711. The fourth-order valence-corrected chi connectivity index (χ4v) is 3.19. The molecule has 8 nitrogen and oxygen atoms in total. The van der Waals surface area contributed by atoms with E-state index in [1.165, 1.54) is 12.0 Å². The van der Waals surface area contributed by atoms with E-state index in [1.807, 2.05) is 25.1 Å². The lowest BCUT2D eigenvalue weighted by atomic mass is 10.1. The van der Waals surface area contributed by atoms with Crippen molar-refractivity contribution in [2.24, 2.45) is 5.92 Å². The van der Waals surface area contributed by atoms with Gasteiger partial charge >= 0.3 is 5.97 Å². The van der Waals surface area contributed by atoms with E-state index >= 15 is 0 Å². The normalized spacial score (nSPS) is 15.4. The molecule has 1 fully saturated rings. The molecule has 3 rings (SSSR count). The van der Waals surface area contributed by atoms with E-state index in [1.54, 1.807) is 30.3 Å². The Labute approximate surface area is 174 Å². The second-order valence-electron chi connectivity index (χ2n) is 6.93. The standard InChI is InChI=1S/C22H21N3O5/c1-14-3-8-19(29-2)18(9-14)25-12-16(10-21(25)27)22(28)30-13-20(26)24-17-6-4-15(11-23)5-7-17/h3-9,16H,10,12-13H2,1-2H3,(H,24,26)/t16-/m1/s1. The molecule has 1 N–H and O–H groups in total. The average molecular weight is 407 g/mol. The lowest BCUT2D eigenvalue weighted by molar-refractivity contribution is -0.151. The summed E-state index contributed by atoms with van der Waals surface area (Å²) in [4.78, 5) is 38.4. The number of methoxy groups -OCH3 is 1. The van der Waals surface area contributed by atoms with Gasteiger partial charge in [0.2, 0.25) is 5.91 Å². The van der Waals surface area contributed by atoms with Crippen molar-refractivity contribution in [2.45, 2.75) is 13.3 Å². The first-order valence-corrected chi connectivity index (χ1v) is 9.33. The number of nitriles is 1. The van der Waals surface area contributed by atoms with Crippen LogP contribution in [0.2, 0.25) is 0 Å². The van der Waals surface area contributed by atoms with Crippen molar-refractivity contribution in [2.75, 3.05) is 30.5 Å². The Balaban J connectivity index is 1.56. The number of benzene rings is 2. The van der Waals surface area contributed by atoms with Crippen molar-refractivity contribution in [3.63, 3.8) is 0 Å². The zero-order valence-electron chi connectivity index (χ0n) is 16.7. The number of nitrogens with one attached hydrogen (secondary N) is 1. The van der Waals surface area contributed by atoms with Gasteiger partial charge in [0.25, 0.3) is 5.91 Å². The summed E-state index contributed by atoms with van der Waals surface area (Å²) in [6, 6.07) is 13.8. The van der Waals surface area contributed by atoms with Gasteiger partial charge in [-0.05, 0) is 48.9 Å². The molecule has 0 aromatic heterocycles. The zero-order valence-corrected chi connectivity index (χ0v) is 16.7. The van der Waals surface area contributed by atoms with Crippen molar-refractivity contribution in [1.82, 2.24) is 0 Å². The van der Waals surface area contributed by atoms with Crippen LogP contribution in [-0.4, -0.2) is 38.0 Å². The van der Waals surface area contributed by atoms with Gasteiger partial charge in [-0.3, -0.25) is 14.4 Å². The summed E-state index contributed by atoms with van der Waals surface area (Å²) in [6.45, 7) is 1.60. The molecule has 0 radical (unpaired) electrons. The molecule has 2 aromatic carbocycles. The van der Waals surface area contributed by atoms with Gasteiger partial charge in [0.15, 0.2) is 6.61 Å². The van der Waals surface area contributed by atoms with Gasteiger partial charge < -0.3 is 19.7 Å². The van der Waals surface area contributed by atoms with Gasteiger partial charge in [0, 0.05) is 18.7 Å². The first kappa shape index (κ1) is 20.9. The molecule has 1 aliphatic heterocycles. The molecule has 1 aliphatic rings. The molecular formula is C22H21N3O5. The second-order valence-corrected chi connectivity index (χ2v) is 6.93. The van der Waals surface area contributed by atoms with Crippen molar-refractivity contribution in [1.29, 1.82) is 5.26 Å². The fraction of sp³-hybridized carbons (Fsp3) is 0.273. The number of esters is 1. The average Bonchev–Trinajstić information content (AvgIpc) is 3.14. The maximum Gasteiger partial charge on any atom is 0.311 e. The number of carbonyl (C=O) groups is 3. The van der Waals surface area contributed by atoms with Gasteiger partial charge in [-0.2, -0.15) is 5.26 Å². The van der Waals surface area contributed by atoms with Gasteiger partial charge in [-0.15, -0.1) is 0 Å². The van der Waals surface area contributed by atoms with Crippen LogP contribution in [-0.2, 0) is 19.1 Å². The highest BCUT2D eigenvalue weighted by molar-refractivity contribution is 6.01. The Hall–Kier alpha value is -3.86. The number of aryl methyl sites for hydroxylation is 1. The molecule has 1 heterocycles. The summed E-state index contributed by atoms with van der Waals surface area (Å²) in [7, 11) is 1.52. The first-order valence-electron chi connectivity index (χ1n) is 9.33. The molecule has 0 unspecified atom stereocenters. The minimum Gasteiger partial charge on any atom is -0.495 e. The Morgan fingerprint density at radius 3 is 2.63 bits per heavy atom. The smallest absolute Gasteiger partial charge is 0.311 e. The van der Waals surface area contributed by atoms with E-state index in [2.05, 4.69) is 5.32 Å². The molecule has 1 saturated heterocycles. The summed E-state index contributed by atoms with van der Waals surface area (Å²) >= 11 is 0. The molecule has 0 spiro atoms. The number of rotatable bonds is 6. The lowest BCUT2D eigenvalue weighted by Crippen LogP contribution is -2.28. The number of anilines is 2. The topological polar surface area (TPSA) is 109 Å². The SMILES string of the molecule is COc1ccc(C)cc1N1C[C@H](C(=O)OCC(=O)Nc2ccc(C#N)cc2)CC1=O. The number of hydrogen-bond donors (Lipinski definition) is 1. The van der Waals surface area contributed by atoms with E-state index in [-0.39, 0.29) is 18.9 Å². The van der Waals surface area contributed by atoms with Crippen molar-refractivity contribution < 1.29 is 23.9 Å². The zero-order chi connectivity index (χ0) is 21.7. The number of carbonyl (C=O) groups excluding carboxylic acids is 3. The number of amides is 2. The van der Waals surface area contributed by atoms with Crippen LogP contribution in [0.5, 0.6) is 5.75 Å². The highest BCUT2D eigenvalue weighted by atomic mass is 16.5. The van der Waals surface area contributed by atoms with Crippen LogP contribution in [0.4, 0.5) is 11.4 Å². The second kappa shape index (κ2) is 9.09. The van der Waals surface area contributed by atoms with E-state index < -0.39 is 24.4 Å². The van der Waals surface area contributed by atoms with Gasteiger partial charge in [0.05, 0.1) is 30.3 Å². The number of ether oxygens (including phenoxy) is 2. The molecule has 2 aromatic rings. The summed E-state index contributed by atoms with van der Waals surface area (Å²) in [5.74, 6) is -1.43. The Morgan fingerprint density at radius 1 is 1.23 bits per heavy atom.